The Morgan fingerprint density at radius 1 is 1.30 bits per heavy atom. The van der Waals surface area contributed by atoms with E-state index in [0.717, 1.165) is 32.0 Å². The van der Waals surface area contributed by atoms with Gasteiger partial charge in [0, 0.05) is 13.0 Å². The van der Waals surface area contributed by atoms with E-state index < -0.39 is 0 Å². The summed E-state index contributed by atoms with van der Waals surface area (Å²) in [6.07, 6.45) is 4.87. The van der Waals surface area contributed by atoms with Gasteiger partial charge in [-0.1, -0.05) is 13.0 Å². The number of hydrogen-bond donors (Lipinski definition) is 1. The van der Waals surface area contributed by atoms with Crippen LogP contribution in [0.2, 0.25) is 0 Å². The van der Waals surface area contributed by atoms with Gasteiger partial charge in [0.05, 0.1) is 11.0 Å². The Bertz CT molecular complexity index is 579. The van der Waals surface area contributed by atoms with Crippen molar-refractivity contribution in [3.05, 3.63) is 29.6 Å². The van der Waals surface area contributed by atoms with Crippen molar-refractivity contribution in [3.63, 3.8) is 0 Å². The monoisotopic (exact) mass is 271 g/mol. The van der Waals surface area contributed by atoms with Crippen LogP contribution in [0.5, 0.6) is 0 Å². The molecule has 0 aliphatic carbocycles. The first-order valence-electron chi connectivity index (χ1n) is 7.94. The second kappa shape index (κ2) is 5.96. The summed E-state index contributed by atoms with van der Waals surface area (Å²) < 4.78 is 2.44. The zero-order valence-electron chi connectivity index (χ0n) is 12.7. The number of hydrogen-bond acceptors (Lipinski definition) is 2. The summed E-state index contributed by atoms with van der Waals surface area (Å²) in [5, 5.41) is 3.45. The van der Waals surface area contributed by atoms with Gasteiger partial charge in [0.15, 0.2) is 0 Å². The average molecular weight is 271 g/mol. The summed E-state index contributed by atoms with van der Waals surface area (Å²) in [5.41, 5.74) is 3.77. The molecule has 1 aromatic carbocycles. The molecule has 2 heterocycles. The Balaban J connectivity index is 1.93. The van der Waals surface area contributed by atoms with E-state index in [4.69, 9.17) is 4.98 Å². The third kappa shape index (κ3) is 2.73. The molecule has 0 unspecified atom stereocenters. The molecule has 0 bridgehead atoms. The third-order valence-corrected chi connectivity index (χ3v) is 4.36. The van der Waals surface area contributed by atoms with E-state index in [1.165, 1.54) is 41.7 Å². The number of aromatic nitrogens is 2. The Morgan fingerprint density at radius 2 is 2.10 bits per heavy atom. The van der Waals surface area contributed by atoms with E-state index in [2.05, 4.69) is 41.9 Å². The maximum Gasteiger partial charge on any atom is 0.110 e. The van der Waals surface area contributed by atoms with Crippen LogP contribution in [-0.2, 0) is 13.0 Å². The lowest BCUT2D eigenvalue weighted by Gasteiger charge is -2.22. The van der Waals surface area contributed by atoms with Crippen molar-refractivity contribution in [1.82, 2.24) is 14.9 Å². The first kappa shape index (κ1) is 13.6. The predicted molar refractivity (Wildman–Crippen MR) is 84.1 cm³/mol. The van der Waals surface area contributed by atoms with Crippen molar-refractivity contribution in [2.45, 2.75) is 46.1 Å². The largest absolute Gasteiger partial charge is 0.328 e. The molecule has 0 saturated carbocycles. The number of rotatable bonds is 4. The quantitative estimate of drug-likeness (QED) is 0.924. The van der Waals surface area contributed by atoms with Crippen molar-refractivity contribution in [3.8, 4) is 0 Å². The molecule has 0 radical (unpaired) electrons. The van der Waals surface area contributed by atoms with Crippen molar-refractivity contribution in [1.29, 1.82) is 0 Å². The van der Waals surface area contributed by atoms with E-state index in [1.807, 2.05) is 0 Å². The highest BCUT2D eigenvalue weighted by Gasteiger charge is 2.18. The zero-order valence-corrected chi connectivity index (χ0v) is 12.7. The SMILES string of the molecule is CCCn1c(CC2CCNCC2)nc2cc(C)ccc21. The van der Waals surface area contributed by atoms with E-state index >= 15 is 0 Å². The summed E-state index contributed by atoms with van der Waals surface area (Å²) in [4.78, 5) is 4.93. The predicted octanol–water partition coefficient (Wildman–Crippen LogP) is 3.30. The molecule has 1 aromatic heterocycles. The van der Waals surface area contributed by atoms with E-state index in [1.54, 1.807) is 0 Å². The molecule has 1 aliphatic rings. The Kier molecular flexibility index (Phi) is 4.06. The fourth-order valence-electron chi connectivity index (χ4n) is 3.26. The molecule has 108 valence electrons. The summed E-state index contributed by atoms with van der Waals surface area (Å²) in [7, 11) is 0. The zero-order chi connectivity index (χ0) is 13.9. The Labute approximate surface area is 121 Å². The molecule has 3 nitrogen and oxygen atoms in total. The van der Waals surface area contributed by atoms with Gasteiger partial charge in [0.2, 0.25) is 0 Å². The molecule has 2 aromatic rings. The van der Waals surface area contributed by atoms with Gasteiger partial charge >= 0.3 is 0 Å². The van der Waals surface area contributed by atoms with Crippen LogP contribution in [0.1, 0.15) is 37.6 Å². The Morgan fingerprint density at radius 3 is 2.85 bits per heavy atom. The van der Waals surface area contributed by atoms with Gasteiger partial charge < -0.3 is 9.88 Å². The number of imidazole rings is 1. The normalized spacial score (nSPS) is 16.9. The van der Waals surface area contributed by atoms with Crippen LogP contribution in [-0.4, -0.2) is 22.6 Å². The van der Waals surface area contributed by atoms with Crippen LogP contribution in [0.4, 0.5) is 0 Å². The van der Waals surface area contributed by atoms with Crippen LogP contribution in [0.3, 0.4) is 0 Å². The number of nitrogens with zero attached hydrogens (tertiary/aromatic N) is 2. The van der Waals surface area contributed by atoms with Crippen molar-refractivity contribution in [2.24, 2.45) is 5.92 Å². The highest BCUT2D eigenvalue weighted by Crippen LogP contribution is 2.23. The average Bonchev–Trinajstić information content (AvgIpc) is 2.77. The van der Waals surface area contributed by atoms with E-state index in [9.17, 15) is 0 Å². The van der Waals surface area contributed by atoms with Crippen molar-refractivity contribution < 1.29 is 0 Å². The van der Waals surface area contributed by atoms with Gasteiger partial charge in [-0.15, -0.1) is 0 Å². The molecule has 0 amide bonds. The maximum atomic E-state index is 4.93. The van der Waals surface area contributed by atoms with E-state index in [0.29, 0.717) is 0 Å². The lowest BCUT2D eigenvalue weighted by molar-refractivity contribution is 0.363. The van der Waals surface area contributed by atoms with Crippen LogP contribution < -0.4 is 5.32 Å². The number of nitrogens with one attached hydrogen (secondary N) is 1. The first-order chi connectivity index (χ1) is 9.78. The molecule has 1 fully saturated rings. The smallest absolute Gasteiger partial charge is 0.110 e. The van der Waals surface area contributed by atoms with Crippen LogP contribution in [0.25, 0.3) is 11.0 Å². The minimum Gasteiger partial charge on any atom is -0.328 e. The molecule has 0 atom stereocenters. The summed E-state index contributed by atoms with van der Waals surface area (Å²) in [6, 6.07) is 6.65. The molecular formula is C17H25N3. The topological polar surface area (TPSA) is 29.9 Å². The molecule has 3 heteroatoms. The van der Waals surface area contributed by atoms with Gasteiger partial charge in [0.25, 0.3) is 0 Å². The summed E-state index contributed by atoms with van der Waals surface area (Å²) >= 11 is 0. The number of benzene rings is 1. The number of piperidine rings is 1. The molecule has 20 heavy (non-hydrogen) atoms. The lowest BCUT2D eigenvalue weighted by atomic mass is 9.94. The van der Waals surface area contributed by atoms with Gasteiger partial charge in [-0.05, 0) is 62.9 Å². The second-order valence-electron chi connectivity index (χ2n) is 6.07. The van der Waals surface area contributed by atoms with Crippen molar-refractivity contribution in [2.75, 3.05) is 13.1 Å². The van der Waals surface area contributed by atoms with Crippen molar-refractivity contribution >= 4 is 11.0 Å². The lowest BCUT2D eigenvalue weighted by Crippen LogP contribution is -2.29. The van der Waals surface area contributed by atoms with E-state index in [-0.39, 0.29) is 0 Å². The van der Waals surface area contributed by atoms with Gasteiger partial charge in [0.1, 0.15) is 5.82 Å². The fourth-order valence-corrected chi connectivity index (χ4v) is 3.26. The molecule has 1 aliphatic heterocycles. The molecule has 0 spiro atoms. The molecule has 1 saturated heterocycles. The first-order valence-corrected chi connectivity index (χ1v) is 7.94. The van der Waals surface area contributed by atoms with Gasteiger partial charge in [-0.3, -0.25) is 0 Å². The van der Waals surface area contributed by atoms with Gasteiger partial charge in [-0.25, -0.2) is 4.98 Å². The summed E-state index contributed by atoms with van der Waals surface area (Å²) in [6.45, 7) is 7.80. The molecule has 1 N–H and O–H groups in total. The molecular weight excluding hydrogens is 246 g/mol. The van der Waals surface area contributed by atoms with Crippen LogP contribution in [0.15, 0.2) is 18.2 Å². The highest BCUT2D eigenvalue weighted by molar-refractivity contribution is 5.76. The van der Waals surface area contributed by atoms with Crippen LogP contribution in [0, 0.1) is 12.8 Å². The summed E-state index contributed by atoms with van der Waals surface area (Å²) in [5.74, 6) is 2.09. The number of aryl methyl sites for hydroxylation is 2. The van der Waals surface area contributed by atoms with Crippen LogP contribution >= 0.6 is 0 Å². The number of fused-ring (bicyclic) bond motifs is 1. The third-order valence-electron chi connectivity index (χ3n) is 4.36. The minimum absolute atomic E-state index is 0.796. The second-order valence-corrected chi connectivity index (χ2v) is 6.07. The molecule has 3 rings (SSSR count). The Hall–Kier alpha value is -1.35. The standard InChI is InChI=1S/C17H25N3/c1-3-10-20-16-5-4-13(2)11-15(16)19-17(20)12-14-6-8-18-9-7-14/h4-5,11,14,18H,3,6-10,12H2,1-2H3. The minimum atomic E-state index is 0.796. The van der Waals surface area contributed by atoms with Gasteiger partial charge in [-0.2, -0.15) is 0 Å². The maximum absolute atomic E-state index is 4.93. The fraction of sp³-hybridized carbons (Fsp3) is 0.588. The highest BCUT2D eigenvalue weighted by atomic mass is 15.1.